The van der Waals surface area contributed by atoms with Gasteiger partial charge in [-0.25, -0.2) is 0 Å². The Kier molecular flexibility index (Phi) is 4.89. The van der Waals surface area contributed by atoms with Gasteiger partial charge in [0.15, 0.2) is 5.82 Å². The van der Waals surface area contributed by atoms with Gasteiger partial charge in [-0.3, -0.25) is 4.90 Å². The number of aromatic nitrogens is 2. The molecule has 2 aromatic heterocycles. The molecule has 1 aliphatic heterocycles. The van der Waals surface area contributed by atoms with Gasteiger partial charge in [0.05, 0.1) is 25.3 Å². The van der Waals surface area contributed by atoms with Crippen molar-refractivity contribution in [1.82, 2.24) is 15.0 Å². The SMILES string of the molecule is Cc1ccccc1Cc1nc(CN2CC[C@H](C)C[C@@H]2c2ccco2)no1. The summed E-state index contributed by atoms with van der Waals surface area (Å²) in [4.78, 5) is 7.03. The van der Waals surface area contributed by atoms with E-state index >= 15 is 0 Å². The number of benzene rings is 1. The summed E-state index contributed by atoms with van der Waals surface area (Å²) in [5, 5.41) is 4.21. The smallest absolute Gasteiger partial charge is 0.231 e. The van der Waals surface area contributed by atoms with Crippen LogP contribution in [0.5, 0.6) is 0 Å². The Morgan fingerprint density at radius 1 is 1.19 bits per heavy atom. The van der Waals surface area contributed by atoms with Crippen molar-refractivity contribution in [3.05, 3.63) is 71.3 Å². The molecule has 0 aliphatic carbocycles. The molecule has 1 fully saturated rings. The third-order valence-electron chi connectivity index (χ3n) is 5.30. The van der Waals surface area contributed by atoms with Crippen LogP contribution in [0.15, 0.2) is 51.6 Å². The molecule has 1 aliphatic rings. The van der Waals surface area contributed by atoms with E-state index < -0.39 is 0 Å². The highest BCUT2D eigenvalue weighted by atomic mass is 16.5. The van der Waals surface area contributed by atoms with Crippen molar-refractivity contribution in [3.8, 4) is 0 Å². The lowest BCUT2D eigenvalue weighted by Crippen LogP contribution is -2.35. The molecule has 0 N–H and O–H groups in total. The van der Waals surface area contributed by atoms with Crippen molar-refractivity contribution in [2.24, 2.45) is 5.92 Å². The molecule has 3 aromatic rings. The lowest BCUT2D eigenvalue weighted by Gasteiger charge is -2.36. The molecule has 5 nitrogen and oxygen atoms in total. The minimum atomic E-state index is 0.284. The summed E-state index contributed by atoms with van der Waals surface area (Å²) in [6.07, 6.45) is 4.71. The Balaban J connectivity index is 1.47. The van der Waals surface area contributed by atoms with Gasteiger partial charge in [-0.2, -0.15) is 4.98 Å². The fraction of sp³-hybridized carbons (Fsp3) is 0.429. The van der Waals surface area contributed by atoms with Crippen LogP contribution in [0, 0.1) is 12.8 Å². The number of rotatable bonds is 5. The Labute approximate surface area is 154 Å². The van der Waals surface area contributed by atoms with Crippen molar-refractivity contribution < 1.29 is 8.94 Å². The topological polar surface area (TPSA) is 55.3 Å². The van der Waals surface area contributed by atoms with Gasteiger partial charge >= 0.3 is 0 Å². The predicted molar refractivity (Wildman–Crippen MR) is 98.5 cm³/mol. The van der Waals surface area contributed by atoms with Gasteiger partial charge in [0, 0.05) is 0 Å². The molecule has 0 radical (unpaired) electrons. The number of furan rings is 1. The average Bonchev–Trinajstić information content (AvgIpc) is 3.31. The van der Waals surface area contributed by atoms with Crippen molar-refractivity contribution in [1.29, 1.82) is 0 Å². The van der Waals surface area contributed by atoms with Crippen LogP contribution >= 0.6 is 0 Å². The number of aryl methyl sites for hydroxylation is 1. The molecule has 0 amide bonds. The summed E-state index contributed by atoms with van der Waals surface area (Å²) in [6.45, 7) is 6.13. The zero-order valence-corrected chi connectivity index (χ0v) is 15.4. The van der Waals surface area contributed by atoms with Crippen LogP contribution < -0.4 is 0 Å². The maximum atomic E-state index is 5.68. The van der Waals surface area contributed by atoms with E-state index in [1.54, 1.807) is 6.26 Å². The first-order valence-electron chi connectivity index (χ1n) is 9.32. The predicted octanol–water partition coefficient (Wildman–Crippen LogP) is 4.54. The average molecular weight is 351 g/mol. The highest BCUT2D eigenvalue weighted by Gasteiger charge is 2.30. The highest BCUT2D eigenvalue weighted by molar-refractivity contribution is 5.27. The van der Waals surface area contributed by atoms with E-state index in [9.17, 15) is 0 Å². The van der Waals surface area contributed by atoms with E-state index in [1.807, 2.05) is 18.2 Å². The minimum absolute atomic E-state index is 0.284. The third-order valence-corrected chi connectivity index (χ3v) is 5.30. The van der Waals surface area contributed by atoms with Crippen LogP contribution in [0.25, 0.3) is 0 Å². The third kappa shape index (κ3) is 3.73. The summed E-state index contributed by atoms with van der Waals surface area (Å²) in [7, 11) is 0. The van der Waals surface area contributed by atoms with Crippen LogP contribution in [0.2, 0.25) is 0 Å². The fourth-order valence-corrected chi connectivity index (χ4v) is 3.74. The summed E-state index contributed by atoms with van der Waals surface area (Å²) >= 11 is 0. The molecule has 2 atom stereocenters. The Morgan fingerprint density at radius 2 is 2.08 bits per heavy atom. The summed E-state index contributed by atoms with van der Waals surface area (Å²) in [6, 6.07) is 12.6. The zero-order valence-electron chi connectivity index (χ0n) is 15.4. The number of piperidine rings is 1. The molecule has 5 heteroatoms. The summed E-state index contributed by atoms with van der Waals surface area (Å²) in [5.74, 6) is 3.15. The standard InChI is InChI=1S/C21H25N3O2/c1-15-9-10-24(18(12-15)19-8-5-11-25-19)14-20-22-21(26-23-20)13-17-7-4-3-6-16(17)2/h3-8,11,15,18H,9-10,12-14H2,1-2H3/t15-,18+/m0/s1. The molecule has 136 valence electrons. The molecule has 26 heavy (non-hydrogen) atoms. The van der Waals surface area contributed by atoms with Crippen molar-refractivity contribution in [2.75, 3.05) is 6.54 Å². The van der Waals surface area contributed by atoms with E-state index in [2.05, 4.69) is 47.1 Å². The number of hydrogen-bond donors (Lipinski definition) is 0. The first-order valence-corrected chi connectivity index (χ1v) is 9.32. The van der Waals surface area contributed by atoms with Gasteiger partial charge in [-0.05, 0) is 55.5 Å². The molecule has 0 saturated carbocycles. The number of hydrogen-bond acceptors (Lipinski definition) is 5. The van der Waals surface area contributed by atoms with Crippen molar-refractivity contribution in [3.63, 3.8) is 0 Å². The molecule has 0 unspecified atom stereocenters. The van der Waals surface area contributed by atoms with Crippen molar-refractivity contribution in [2.45, 2.75) is 45.7 Å². The normalized spacial score (nSPS) is 21.2. The second-order valence-corrected chi connectivity index (χ2v) is 7.34. The molecule has 3 heterocycles. The number of nitrogens with zero attached hydrogens (tertiary/aromatic N) is 3. The monoisotopic (exact) mass is 351 g/mol. The molecule has 1 aromatic carbocycles. The van der Waals surface area contributed by atoms with Crippen LogP contribution in [0.3, 0.4) is 0 Å². The van der Waals surface area contributed by atoms with E-state index in [1.165, 1.54) is 17.5 Å². The second-order valence-electron chi connectivity index (χ2n) is 7.34. The van der Waals surface area contributed by atoms with E-state index in [4.69, 9.17) is 8.94 Å². The van der Waals surface area contributed by atoms with Gasteiger partial charge in [0.1, 0.15) is 5.76 Å². The van der Waals surface area contributed by atoms with Crippen LogP contribution in [0.1, 0.15) is 54.4 Å². The largest absolute Gasteiger partial charge is 0.468 e. The van der Waals surface area contributed by atoms with Crippen molar-refractivity contribution >= 4 is 0 Å². The Bertz CT molecular complexity index is 841. The van der Waals surface area contributed by atoms with Gasteiger partial charge in [-0.1, -0.05) is 36.3 Å². The van der Waals surface area contributed by atoms with Crippen LogP contribution in [-0.4, -0.2) is 21.6 Å². The molecular formula is C21H25N3O2. The molecular weight excluding hydrogens is 326 g/mol. The molecule has 0 spiro atoms. The Morgan fingerprint density at radius 3 is 2.88 bits per heavy atom. The van der Waals surface area contributed by atoms with E-state index in [-0.39, 0.29) is 6.04 Å². The zero-order chi connectivity index (χ0) is 17.9. The second kappa shape index (κ2) is 7.46. The van der Waals surface area contributed by atoms with E-state index in [0.29, 0.717) is 24.8 Å². The first kappa shape index (κ1) is 17.0. The first-order chi connectivity index (χ1) is 12.7. The van der Waals surface area contributed by atoms with Gasteiger partial charge < -0.3 is 8.94 Å². The maximum absolute atomic E-state index is 5.68. The molecule has 4 rings (SSSR count). The lowest BCUT2D eigenvalue weighted by atomic mass is 9.91. The maximum Gasteiger partial charge on any atom is 0.231 e. The quantitative estimate of drug-likeness (QED) is 0.676. The fourth-order valence-electron chi connectivity index (χ4n) is 3.74. The van der Waals surface area contributed by atoms with Crippen LogP contribution in [0.4, 0.5) is 0 Å². The Hall–Kier alpha value is -2.40. The van der Waals surface area contributed by atoms with Crippen LogP contribution in [-0.2, 0) is 13.0 Å². The van der Waals surface area contributed by atoms with Gasteiger partial charge in [0.25, 0.3) is 0 Å². The lowest BCUT2D eigenvalue weighted by molar-refractivity contribution is 0.0910. The molecule has 0 bridgehead atoms. The van der Waals surface area contributed by atoms with Gasteiger partial charge in [-0.15, -0.1) is 0 Å². The minimum Gasteiger partial charge on any atom is -0.468 e. The summed E-state index contributed by atoms with van der Waals surface area (Å²) < 4.78 is 11.2. The summed E-state index contributed by atoms with van der Waals surface area (Å²) in [5.41, 5.74) is 2.47. The van der Waals surface area contributed by atoms with E-state index in [0.717, 1.165) is 24.6 Å². The molecule has 1 saturated heterocycles. The number of likely N-dealkylation sites (tertiary alicyclic amines) is 1. The highest BCUT2D eigenvalue weighted by Crippen LogP contribution is 2.35. The van der Waals surface area contributed by atoms with Gasteiger partial charge in [0.2, 0.25) is 5.89 Å².